The van der Waals surface area contributed by atoms with Crippen LogP contribution < -0.4 is 21.1 Å². The minimum Gasteiger partial charge on any atom is -0.489 e. The van der Waals surface area contributed by atoms with E-state index >= 15 is 0 Å². The molecule has 0 aliphatic carbocycles. The van der Waals surface area contributed by atoms with E-state index in [1.165, 1.54) is 0 Å². The van der Waals surface area contributed by atoms with Crippen LogP contribution in [-0.4, -0.2) is 5.91 Å². The van der Waals surface area contributed by atoms with Crippen molar-refractivity contribution in [3.63, 3.8) is 0 Å². The monoisotopic (exact) mass is 509 g/mol. The van der Waals surface area contributed by atoms with Gasteiger partial charge in [-0.3, -0.25) is 4.79 Å². The number of carbonyl (C=O) groups excluding carboxylic acids is 1. The largest absolute Gasteiger partial charge is 0.489 e. The average Bonchev–Trinajstić information content (AvgIpc) is 3.21. The highest BCUT2D eigenvalue weighted by atomic mass is 35.5. The Morgan fingerprint density at radius 2 is 1.65 bits per heavy atom. The van der Waals surface area contributed by atoms with Crippen LogP contribution >= 0.6 is 11.6 Å². The fourth-order valence-electron chi connectivity index (χ4n) is 4.26. The molecule has 0 bridgehead atoms. The molecule has 0 radical (unpaired) electrons. The van der Waals surface area contributed by atoms with E-state index in [9.17, 15) is 4.79 Å². The van der Waals surface area contributed by atoms with Gasteiger partial charge in [0.25, 0.3) is 5.91 Å². The molecule has 1 aliphatic heterocycles. The number of amides is 1. The lowest BCUT2D eigenvalue weighted by Gasteiger charge is -2.20. The average molecular weight is 510 g/mol. The molecule has 0 saturated heterocycles. The number of hydrogen-bond acceptors (Lipinski definition) is 4. The van der Waals surface area contributed by atoms with Crippen LogP contribution in [0.25, 0.3) is 11.3 Å². The Bertz CT molecular complexity index is 1460. The number of fused-ring (bicyclic) bond motifs is 1. The van der Waals surface area contributed by atoms with Gasteiger partial charge in [-0.1, -0.05) is 60.1 Å². The number of benzene rings is 4. The maximum absolute atomic E-state index is 13.2. The smallest absolute Gasteiger partial charge is 0.258 e. The molecule has 1 aliphatic rings. The van der Waals surface area contributed by atoms with Gasteiger partial charge in [0.15, 0.2) is 0 Å². The Hall–Kier alpha value is -4.06. The molecule has 0 aromatic heterocycles. The fourth-order valence-corrected chi connectivity index (χ4v) is 4.43. The van der Waals surface area contributed by atoms with E-state index in [0.717, 1.165) is 33.7 Å². The zero-order valence-corrected chi connectivity index (χ0v) is 21.5. The minimum atomic E-state index is -0.445. The van der Waals surface area contributed by atoms with Gasteiger partial charge in [-0.25, -0.2) is 0 Å². The molecule has 4 N–H and O–H groups in total. The summed E-state index contributed by atoms with van der Waals surface area (Å²) in [6, 6.07) is 31.1. The Kier molecular flexibility index (Phi) is 6.74. The maximum atomic E-state index is 13.2. The van der Waals surface area contributed by atoms with Gasteiger partial charge in [-0.05, 0) is 79.1 Å². The van der Waals surface area contributed by atoms with Crippen LogP contribution in [-0.2, 0) is 16.9 Å². The molecule has 0 atom stereocenters. The first-order chi connectivity index (χ1) is 17.8. The molecule has 4 aromatic carbocycles. The topological polar surface area (TPSA) is 76.4 Å². The van der Waals surface area contributed by atoms with Gasteiger partial charge in [-0.15, -0.1) is 0 Å². The van der Waals surface area contributed by atoms with Crippen LogP contribution in [0.2, 0.25) is 5.02 Å². The minimum absolute atomic E-state index is 0.191. The van der Waals surface area contributed by atoms with Gasteiger partial charge < -0.3 is 21.1 Å². The van der Waals surface area contributed by atoms with Crippen LogP contribution in [0.15, 0.2) is 97.1 Å². The maximum Gasteiger partial charge on any atom is 0.258 e. The van der Waals surface area contributed by atoms with Crippen molar-refractivity contribution < 1.29 is 9.53 Å². The Labute approximate surface area is 221 Å². The van der Waals surface area contributed by atoms with Gasteiger partial charge >= 0.3 is 0 Å². The predicted octanol–water partition coefficient (Wildman–Crippen LogP) is 7.05. The highest BCUT2D eigenvalue weighted by Gasteiger charge is 2.28. The Balaban J connectivity index is 1.50. The summed E-state index contributed by atoms with van der Waals surface area (Å²) in [4.78, 5) is 13.2. The molecule has 37 heavy (non-hydrogen) atoms. The van der Waals surface area contributed by atoms with Crippen molar-refractivity contribution in [2.75, 3.05) is 10.6 Å². The van der Waals surface area contributed by atoms with Crippen molar-refractivity contribution in [3.8, 4) is 5.75 Å². The van der Waals surface area contributed by atoms with Crippen molar-refractivity contribution in [1.82, 2.24) is 0 Å². The van der Waals surface area contributed by atoms with Gasteiger partial charge in [-0.2, -0.15) is 0 Å². The van der Waals surface area contributed by atoms with Crippen LogP contribution in [0, 0.1) is 0 Å². The molecule has 5 rings (SSSR count). The molecule has 6 heteroatoms. The second-order valence-corrected chi connectivity index (χ2v) is 10.1. The van der Waals surface area contributed by atoms with E-state index in [0.29, 0.717) is 28.6 Å². The number of anilines is 2. The lowest BCUT2D eigenvalue weighted by Crippen LogP contribution is -2.28. The van der Waals surface area contributed by atoms with E-state index in [1.807, 2.05) is 98.8 Å². The lowest BCUT2D eigenvalue weighted by molar-refractivity contribution is -0.110. The number of ether oxygens (including phenoxy) is 1. The van der Waals surface area contributed by atoms with Crippen molar-refractivity contribution in [3.05, 3.63) is 124 Å². The summed E-state index contributed by atoms with van der Waals surface area (Å²) in [7, 11) is 0. The van der Waals surface area contributed by atoms with E-state index in [1.54, 1.807) is 12.1 Å². The summed E-state index contributed by atoms with van der Waals surface area (Å²) in [6.07, 6.45) is 0. The third-order valence-electron chi connectivity index (χ3n) is 6.27. The van der Waals surface area contributed by atoms with Gasteiger partial charge in [0.1, 0.15) is 12.4 Å². The summed E-state index contributed by atoms with van der Waals surface area (Å²) in [6.45, 7) is 4.41. The molecule has 1 amide bonds. The molecule has 5 nitrogen and oxygen atoms in total. The number of rotatable bonds is 7. The molecule has 0 fully saturated rings. The quantitative estimate of drug-likeness (QED) is 0.233. The summed E-state index contributed by atoms with van der Waals surface area (Å²) >= 11 is 6.18. The molecular formula is C31H28ClN3O2. The second kappa shape index (κ2) is 10.1. The molecule has 0 unspecified atom stereocenters. The van der Waals surface area contributed by atoms with Crippen molar-refractivity contribution in [2.24, 2.45) is 5.73 Å². The van der Waals surface area contributed by atoms with Crippen LogP contribution in [0.5, 0.6) is 5.75 Å². The predicted molar refractivity (Wildman–Crippen MR) is 151 cm³/mol. The summed E-state index contributed by atoms with van der Waals surface area (Å²) < 4.78 is 5.96. The molecule has 0 saturated carbocycles. The zero-order valence-electron chi connectivity index (χ0n) is 20.7. The zero-order chi connectivity index (χ0) is 26.0. The Morgan fingerprint density at radius 3 is 2.32 bits per heavy atom. The third-order valence-corrected chi connectivity index (χ3v) is 6.50. The third kappa shape index (κ3) is 5.53. The van der Waals surface area contributed by atoms with Crippen molar-refractivity contribution in [1.29, 1.82) is 0 Å². The standard InChI is InChI=1S/C31H28ClN3O2/c1-31(2,33)22-10-13-24(14-11-22)34-29(28-26-17-12-23(32)18-27(26)35-30(28)36)21-8-15-25(16-9-21)37-19-20-6-4-3-5-7-20/h3-18,34H,19,33H2,1-2H3,(H,35,36)/b29-28-. The second-order valence-electron chi connectivity index (χ2n) is 9.62. The van der Waals surface area contributed by atoms with Crippen molar-refractivity contribution in [2.45, 2.75) is 26.0 Å². The number of carbonyl (C=O) groups is 1. The van der Waals surface area contributed by atoms with E-state index in [2.05, 4.69) is 10.6 Å². The molecule has 186 valence electrons. The van der Waals surface area contributed by atoms with Gasteiger partial charge in [0.2, 0.25) is 0 Å². The number of nitrogens with two attached hydrogens (primary N) is 1. The molecule has 4 aromatic rings. The first-order valence-electron chi connectivity index (χ1n) is 12.1. The number of halogens is 1. The summed E-state index contributed by atoms with van der Waals surface area (Å²) in [5.74, 6) is 0.554. The number of nitrogens with one attached hydrogen (secondary N) is 2. The highest BCUT2D eigenvalue weighted by molar-refractivity contribution is 6.38. The number of hydrogen-bond donors (Lipinski definition) is 3. The molecular weight excluding hydrogens is 482 g/mol. The van der Waals surface area contributed by atoms with E-state index in [-0.39, 0.29) is 5.91 Å². The lowest BCUT2D eigenvalue weighted by atomic mass is 9.95. The molecule has 0 spiro atoms. The van der Waals surface area contributed by atoms with E-state index < -0.39 is 5.54 Å². The Morgan fingerprint density at radius 1 is 0.946 bits per heavy atom. The summed E-state index contributed by atoms with van der Waals surface area (Å²) in [5.41, 5.74) is 12.3. The molecule has 1 heterocycles. The summed E-state index contributed by atoms with van der Waals surface area (Å²) in [5, 5.41) is 6.99. The van der Waals surface area contributed by atoms with Crippen LogP contribution in [0.1, 0.15) is 36.1 Å². The van der Waals surface area contributed by atoms with E-state index in [4.69, 9.17) is 22.1 Å². The van der Waals surface area contributed by atoms with Crippen LogP contribution in [0.4, 0.5) is 11.4 Å². The first kappa shape index (κ1) is 24.6. The van der Waals surface area contributed by atoms with Gasteiger partial charge in [0.05, 0.1) is 17.0 Å². The fraction of sp³-hybridized carbons (Fsp3) is 0.129. The van der Waals surface area contributed by atoms with Crippen LogP contribution in [0.3, 0.4) is 0 Å². The SMILES string of the molecule is CC(C)(N)c1ccc(N/C(=C2\C(=O)Nc3cc(Cl)ccc32)c2ccc(OCc3ccccc3)cc2)cc1. The highest BCUT2D eigenvalue weighted by Crippen LogP contribution is 2.39. The normalized spacial score (nSPS) is 14.1. The van der Waals surface area contributed by atoms with Crippen molar-refractivity contribution >= 4 is 40.2 Å². The van der Waals surface area contributed by atoms with Gasteiger partial charge in [0, 0.05) is 21.8 Å². The first-order valence-corrected chi connectivity index (χ1v) is 12.4.